The zero-order chi connectivity index (χ0) is 15.4. The molecule has 21 heavy (non-hydrogen) atoms. The highest BCUT2D eigenvalue weighted by Crippen LogP contribution is 2.13. The van der Waals surface area contributed by atoms with E-state index in [4.69, 9.17) is 21.1 Å². The summed E-state index contributed by atoms with van der Waals surface area (Å²) in [6.45, 7) is 0.797. The highest BCUT2D eigenvalue weighted by Gasteiger charge is 2.21. The topological polar surface area (TPSA) is 84.1 Å². The number of methoxy groups -OCH3 is 2. The van der Waals surface area contributed by atoms with Crippen LogP contribution in [0.15, 0.2) is 6.20 Å². The quantitative estimate of drug-likeness (QED) is 0.730. The van der Waals surface area contributed by atoms with E-state index in [1.807, 2.05) is 0 Å². The molecule has 8 nitrogen and oxygen atoms in total. The molecule has 2 aromatic rings. The Morgan fingerprint density at radius 2 is 2.19 bits per heavy atom. The minimum Gasteiger partial charge on any atom is -0.464 e. The summed E-state index contributed by atoms with van der Waals surface area (Å²) in [6.07, 6.45) is 2.05. The van der Waals surface area contributed by atoms with Crippen LogP contribution in [0.1, 0.15) is 22.0 Å². The Morgan fingerprint density at radius 3 is 2.76 bits per heavy atom. The van der Waals surface area contributed by atoms with E-state index in [0.29, 0.717) is 36.2 Å². The number of carbonyl (C=O) groups is 1. The zero-order valence-electron chi connectivity index (χ0n) is 12.0. The van der Waals surface area contributed by atoms with Crippen molar-refractivity contribution in [3.8, 4) is 0 Å². The largest absolute Gasteiger partial charge is 0.464 e. The van der Waals surface area contributed by atoms with Gasteiger partial charge in [-0.05, 0) is 0 Å². The van der Waals surface area contributed by atoms with Gasteiger partial charge >= 0.3 is 5.97 Å². The molecule has 0 aliphatic heterocycles. The monoisotopic (exact) mass is 313 g/mol. The molecule has 0 saturated carbocycles. The standard InChI is InChI=1S/C12H16ClN5O3/c1-17-9(13)6-14-10(17)7-18-8(4-5-20-2)11(15-16-18)12(19)21-3/h6H,4-5,7H2,1-3H3. The van der Waals surface area contributed by atoms with Gasteiger partial charge < -0.3 is 14.0 Å². The Kier molecular flexibility index (Phi) is 4.92. The molecule has 2 aromatic heterocycles. The number of rotatable bonds is 6. The van der Waals surface area contributed by atoms with E-state index in [1.54, 1.807) is 29.6 Å². The molecule has 0 amide bonds. The lowest BCUT2D eigenvalue weighted by Gasteiger charge is -2.07. The summed E-state index contributed by atoms with van der Waals surface area (Å²) in [7, 11) is 4.70. The molecule has 0 aliphatic carbocycles. The van der Waals surface area contributed by atoms with Crippen molar-refractivity contribution in [2.45, 2.75) is 13.0 Å². The first-order chi connectivity index (χ1) is 10.1. The SMILES string of the molecule is COCCc1c(C(=O)OC)nnn1Cc1ncc(Cl)n1C. The Morgan fingerprint density at radius 1 is 1.43 bits per heavy atom. The first-order valence-corrected chi connectivity index (χ1v) is 6.62. The van der Waals surface area contributed by atoms with E-state index in [0.717, 1.165) is 0 Å². The van der Waals surface area contributed by atoms with Crippen LogP contribution in [0.2, 0.25) is 5.15 Å². The molecular weight excluding hydrogens is 298 g/mol. The summed E-state index contributed by atoms with van der Waals surface area (Å²) in [5, 5.41) is 8.41. The molecule has 0 atom stereocenters. The number of halogens is 1. The third-order valence-corrected chi connectivity index (χ3v) is 3.43. The molecule has 0 spiro atoms. The summed E-state index contributed by atoms with van der Waals surface area (Å²) in [4.78, 5) is 15.9. The van der Waals surface area contributed by atoms with Crippen LogP contribution in [-0.2, 0) is 29.5 Å². The fraction of sp³-hybridized carbons (Fsp3) is 0.500. The maximum absolute atomic E-state index is 11.7. The van der Waals surface area contributed by atoms with Crippen LogP contribution >= 0.6 is 11.6 Å². The summed E-state index contributed by atoms with van der Waals surface area (Å²) >= 11 is 5.96. The number of hydrogen-bond donors (Lipinski definition) is 0. The summed E-state index contributed by atoms with van der Waals surface area (Å²) in [6, 6.07) is 0. The van der Waals surface area contributed by atoms with Gasteiger partial charge in [-0.15, -0.1) is 5.10 Å². The van der Waals surface area contributed by atoms with Gasteiger partial charge in [0.05, 0.1) is 25.6 Å². The first kappa shape index (κ1) is 15.5. The van der Waals surface area contributed by atoms with Crippen molar-refractivity contribution in [3.63, 3.8) is 0 Å². The van der Waals surface area contributed by atoms with Gasteiger partial charge in [0.1, 0.15) is 17.5 Å². The van der Waals surface area contributed by atoms with Crippen molar-refractivity contribution < 1.29 is 14.3 Å². The van der Waals surface area contributed by atoms with Crippen molar-refractivity contribution >= 4 is 17.6 Å². The van der Waals surface area contributed by atoms with Crippen LogP contribution in [0, 0.1) is 0 Å². The number of imidazole rings is 1. The predicted octanol–water partition coefficient (Wildman–Crippen LogP) is 0.689. The van der Waals surface area contributed by atoms with Crippen molar-refractivity contribution in [2.24, 2.45) is 7.05 Å². The van der Waals surface area contributed by atoms with Crippen LogP contribution in [0.25, 0.3) is 0 Å². The van der Waals surface area contributed by atoms with Gasteiger partial charge in [0, 0.05) is 20.6 Å². The molecule has 0 unspecified atom stereocenters. The number of hydrogen-bond acceptors (Lipinski definition) is 6. The molecular formula is C12H16ClN5O3. The van der Waals surface area contributed by atoms with E-state index in [-0.39, 0.29) is 5.69 Å². The molecule has 0 saturated heterocycles. The minimum absolute atomic E-state index is 0.190. The Balaban J connectivity index is 2.32. The number of ether oxygens (including phenoxy) is 2. The maximum Gasteiger partial charge on any atom is 0.360 e. The van der Waals surface area contributed by atoms with Gasteiger partial charge in [0.25, 0.3) is 0 Å². The van der Waals surface area contributed by atoms with Gasteiger partial charge in [0.2, 0.25) is 0 Å². The molecule has 0 radical (unpaired) electrons. The lowest BCUT2D eigenvalue weighted by atomic mass is 10.2. The normalized spacial score (nSPS) is 10.9. The van der Waals surface area contributed by atoms with Gasteiger partial charge in [-0.25, -0.2) is 14.5 Å². The average Bonchev–Trinajstić information content (AvgIpc) is 3.03. The molecule has 0 aromatic carbocycles. The number of carbonyl (C=O) groups excluding carboxylic acids is 1. The van der Waals surface area contributed by atoms with Crippen molar-refractivity contribution in [1.82, 2.24) is 24.5 Å². The van der Waals surface area contributed by atoms with E-state index in [9.17, 15) is 4.79 Å². The highest BCUT2D eigenvalue weighted by atomic mass is 35.5. The summed E-state index contributed by atoms with van der Waals surface area (Å²) < 4.78 is 13.1. The van der Waals surface area contributed by atoms with Gasteiger partial charge in [-0.3, -0.25) is 0 Å². The van der Waals surface area contributed by atoms with E-state index < -0.39 is 5.97 Å². The predicted molar refractivity (Wildman–Crippen MR) is 74.3 cm³/mol. The molecule has 114 valence electrons. The molecule has 0 bridgehead atoms. The van der Waals surface area contributed by atoms with E-state index in [2.05, 4.69) is 15.3 Å². The first-order valence-electron chi connectivity index (χ1n) is 6.24. The average molecular weight is 314 g/mol. The second-order valence-electron chi connectivity index (χ2n) is 4.33. The number of aromatic nitrogens is 5. The molecule has 0 fully saturated rings. The summed E-state index contributed by atoms with van der Waals surface area (Å²) in [5.41, 5.74) is 0.831. The van der Waals surface area contributed by atoms with Crippen LogP contribution in [0.4, 0.5) is 0 Å². The molecule has 9 heteroatoms. The van der Waals surface area contributed by atoms with Crippen molar-refractivity contribution in [1.29, 1.82) is 0 Å². The van der Waals surface area contributed by atoms with Gasteiger partial charge in [-0.1, -0.05) is 16.8 Å². The molecule has 0 N–H and O–H groups in total. The van der Waals surface area contributed by atoms with E-state index in [1.165, 1.54) is 7.11 Å². The smallest absolute Gasteiger partial charge is 0.360 e. The number of esters is 1. The zero-order valence-corrected chi connectivity index (χ0v) is 12.8. The lowest BCUT2D eigenvalue weighted by molar-refractivity contribution is 0.0592. The van der Waals surface area contributed by atoms with Crippen LogP contribution in [0.3, 0.4) is 0 Å². The second kappa shape index (κ2) is 6.68. The Hall–Kier alpha value is -1.93. The van der Waals surface area contributed by atoms with E-state index >= 15 is 0 Å². The lowest BCUT2D eigenvalue weighted by Crippen LogP contribution is -2.14. The van der Waals surface area contributed by atoms with Crippen molar-refractivity contribution in [2.75, 3.05) is 20.8 Å². The van der Waals surface area contributed by atoms with Crippen LogP contribution in [-0.4, -0.2) is 51.3 Å². The molecule has 2 heterocycles. The maximum atomic E-state index is 11.7. The third kappa shape index (κ3) is 3.22. The number of nitrogens with zero attached hydrogens (tertiary/aromatic N) is 5. The Labute approximate surface area is 126 Å². The van der Waals surface area contributed by atoms with Crippen LogP contribution in [0.5, 0.6) is 0 Å². The second-order valence-corrected chi connectivity index (χ2v) is 4.72. The summed E-state index contributed by atoms with van der Waals surface area (Å²) in [5.74, 6) is 0.185. The fourth-order valence-electron chi connectivity index (χ4n) is 1.87. The van der Waals surface area contributed by atoms with Gasteiger partial charge in [-0.2, -0.15) is 0 Å². The molecule has 0 aliphatic rings. The Bertz CT molecular complexity index is 637. The molecule has 2 rings (SSSR count). The minimum atomic E-state index is -0.523. The highest BCUT2D eigenvalue weighted by molar-refractivity contribution is 6.29. The fourth-order valence-corrected chi connectivity index (χ4v) is 2.01. The van der Waals surface area contributed by atoms with Crippen LogP contribution < -0.4 is 0 Å². The van der Waals surface area contributed by atoms with Gasteiger partial charge in [0.15, 0.2) is 5.69 Å². The third-order valence-electron chi connectivity index (χ3n) is 3.08. The van der Waals surface area contributed by atoms with Crippen molar-refractivity contribution in [3.05, 3.63) is 28.6 Å².